The summed E-state index contributed by atoms with van der Waals surface area (Å²) < 4.78 is 6.28. The van der Waals surface area contributed by atoms with Gasteiger partial charge in [-0.05, 0) is 148 Å². The molecule has 0 aliphatic carbocycles. The number of nitrogens with one attached hydrogen (secondary N) is 1. The lowest BCUT2D eigenvalue weighted by atomic mass is 9.87. The molecular weight excluding hydrogens is 552 g/mol. The van der Waals surface area contributed by atoms with E-state index in [0.717, 1.165) is 70.9 Å². The fourth-order valence-electron chi connectivity index (χ4n) is 6.42. The first-order valence-corrected chi connectivity index (χ1v) is 19.8. The number of carbonyl (C=O) groups is 1. The first-order valence-electron chi connectivity index (χ1n) is 19.8. The Labute approximate surface area is 281 Å². The van der Waals surface area contributed by atoms with Gasteiger partial charge in [-0.15, -0.1) is 0 Å². The maximum atomic E-state index is 13.0. The molecule has 1 aliphatic heterocycles. The Morgan fingerprint density at radius 2 is 1.04 bits per heavy atom. The van der Waals surface area contributed by atoms with Crippen LogP contribution in [0, 0.1) is 5.92 Å². The molecule has 0 aromatic rings. The molecule has 4 nitrogen and oxygen atoms in total. The van der Waals surface area contributed by atoms with Crippen LogP contribution in [0.3, 0.4) is 0 Å². The summed E-state index contributed by atoms with van der Waals surface area (Å²) in [6.07, 6.45) is 44.3. The highest BCUT2D eigenvalue weighted by molar-refractivity contribution is 5.67. The molecule has 45 heavy (non-hydrogen) atoms. The summed E-state index contributed by atoms with van der Waals surface area (Å²) in [7, 11) is 0. The Morgan fingerprint density at radius 3 is 1.51 bits per heavy atom. The van der Waals surface area contributed by atoms with Crippen molar-refractivity contribution in [3.8, 4) is 0 Å². The molecule has 1 N–H and O–H groups in total. The second-order valence-electron chi connectivity index (χ2n) is 13.6. The first kappa shape index (κ1) is 41.5. The molecule has 0 aromatic carbocycles. The highest BCUT2D eigenvalue weighted by Crippen LogP contribution is 2.27. The third kappa shape index (κ3) is 26.2. The highest BCUT2D eigenvalue weighted by atomic mass is 16.6. The van der Waals surface area contributed by atoms with Crippen molar-refractivity contribution in [2.75, 3.05) is 26.2 Å². The number of allylic oxidation sites excluding steroid dienone is 6. The van der Waals surface area contributed by atoms with E-state index in [1.54, 1.807) is 0 Å². The number of hydrogen-bond acceptors (Lipinski definition) is 3. The van der Waals surface area contributed by atoms with E-state index in [1.807, 2.05) is 0 Å². The van der Waals surface area contributed by atoms with Crippen LogP contribution in [0.15, 0.2) is 36.5 Å². The molecule has 0 spiro atoms. The zero-order valence-electron chi connectivity index (χ0n) is 30.4. The highest BCUT2D eigenvalue weighted by Gasteiger charge is 2.24. The Bertz CT molecular complexity index is 699. The minimum Gasteiger partial charge on any atom is -0.446 e. The van der Waals surface area contributed by atoms with Crippen LogP contribution in [0.2, 0.25) is 0 Å². The Balaban J connectivity index is 2.69. The van der Waals surface area contributed by atoms with E-state index in [2.05, 4.69) is 67.4 Å². The lowest BCUT2D eigenvalue weighted by Crippen LogP contribution is -2.34. The summed E-state index contributed by atoms with van der Waals surface area (Å²) in [6, 6.07) is 0. The van der Waals surface area contributed by atoms with Crippen LogP contribution in [0.5, 0.6) is 0 Å². The summed E-state index contributed by atoms with van der Waals surface area (Å²) >= 11 is 0. The van der Waals surface area contributed by atoms with Crippen molar-refractivity contribution >= 4 is 6.09 Å². The Kier molecular flexibility index (Phi) is 29.9. The molecule has 0 radical (unpaired) electrons. The van der Waals surface area contributed by atoms with E-state index in [9.17, 15) is 4.79 Å². The van der Waals surface area contributed by atoms with Crippen LogP contribution in [0.1, 0.15) is 181 Å². The van der Waals surface area contributed by atoms with Crippen molar-refractivity contribution in [3.63, 3.8) is 0 Å². The summed E-state index contributed by atoms with van der Waals surface area (Å²) in [6.45, 7) is 11.2. The zero-order valence-corrected chi connectivity index (χ0v) is 30.4. The number of alkyl carbamates (subject to hydrolysis) is 1. The summed E-state index contributed by atoms with van der Waals surface area (Å²) in [4.78, 5) is 15.6. The standard InChI is InChI=1S/C41H76N2O2/c1-4-7-10-13-16-19-22-25-32-39(33-26-23-20-17-14-11-8-5-2)40(34-27-24-21-18-15-12-9-6-3)45-41(44)42-35-28-29-36-43-37-30-31-38-43/h16-21,39-40H,4-15,22-38H2,1-3H3,(H,42,44)/b19-16-,20-17-,21-18-. The van der Waals surface area contributed by atoms with E-state index in [1.165, 1.54) is 116 Å². The summed E-state index contributed by atoms with van der Waals surface area (Å²) in [5.74, 6) is 0.432. The smallest absolute Gasteiger partial charge is 0.407 e. The van der Waals surface area contributed by atoms with Crippen LogP contribution in [-0.4, -0.2) is 43.3 Å². The predicted octanol–water partition coefficient (Wildman–Crippen LogP) is 12.5. The molecule has 1 heterocycles. The zero-order chi connectivity index (χ0) is 32.5. The first-order chi connectivity index (χ1) is 22.2. The largest absolute Gasteiger partial charge is 0.446 e. The second-order valence-corrected chi connectivity index (χ2v) is 13.6. The van der Waals surface area contributed by atoms with Crippen molar-refractivity contribution in [1.82, 2.24) is 10.2 Å². The van der Waals surface area contributed by atoms with Gasteiger partial charge in [-0.3, -0.25) is 0 Å². The van der Waals surface area contributed by atoms with Gasteiger partial charge in [0, 0.05) is 6.54 Å². The third-order valence-corrected chi connectivity index (χ3v) is 9.33. The molecule has 1 unspecified atom stereocenters. The van der Waals surface area contributed by atoms with Crippen molar-refractivity contribution in [2.24, 2.45) is 5.92 Å². The molecule has 0 saturated carbocycles. The average Bonchev–Trinajstić information content (AvgIpc) is 3.57. The molecule has 1 amide bonds. The van der Waals surface area contributed by atoms with Crippen molar-refractivity contribution in [3.05, 3.63) is 36.5 Å². The quantitative estimate of drug-likeness (QED) is 0.0613. The van der Waals surface area contributed by atoms with Gasteiger partial charge in [0.1, 0.15) is 6.10 Å². The number of unbranched alkanes of at least 4 members (excludes halogenated alkanes) is 13. The fraction of sp³-hybridized carbons (Fsp3) is 0.829. The summed E-state index contributed by atoms with van der Waals surface area (Å²) in [5, 5.41) is 3.11. The molecule has 1 saturated heterocycles. The minimum absolute atomic E-state index is 0.00478. The van der Waals surface area contributed by atoms with Gasteiger partial charge in [0.25, 0.3) is 0 Å². The Hall–Kier alpha value is -1.55. The monoisotopic (exact) mass is 629 g/mol. The minimum atomic E-state index is -0.201. The predicted molar refractivity (Wildman–Crippen MR) is 198 cm³/mol. The number of rotatable bonds is 31. The Morgan fingerprint density at radius 1 is 0.600 bits per heavy atom. The second kappa shape index (κ2) is 32.4. The molecule has 1 fully saturated rings. The van der Waals surface area contributed by atoms with Gasteiger partial charge in [0.05, 0.1) is 0 Å². The third-order valence-electron chi connectivity index (χ3n) is 9.33. The number of ether oxygens (including phenoxy) is 1. The fourth-order valence-corrected chi connectivity index (χ4v) is 6.42. The molecule has 0 aromatic heterocycles. The normalized spacial score (nSPS) is 14.9. The van der Waals surface area contributed by atoms with Crippen LogP contribution < -0.4 is 5.32 Å². The van der Waals surface area contributed by atoms with E-state index in [-0.39, 0.29) is 12.2 Å². The SMILES string of the molecule is CCCCC/C=C\CCCC(CCC/C=C\CCCCC)C(CCC/C=C\CCCCC)OC(=O)NCCCCN1CCCC1. The number of carbonyl (C=O) groups excluding carboxylic acids is 1. The van der Waals surface area contributed by atoms with E-state index >= 15 is 0 Å². The van der Waals surface area contributed by atoms with Crippen LogP contribution in [-0.2, 0) is 4.74 Å². The topological polar surface area (TPSA) is 41.6 Å². The molecule has 0 bridgehead atoms. The van der Waals surface area contributed by atoms with Crippen molar-refractivity contribution in [1.29, 1.82) is 0 Å². The van der Waals surface area contributed by atoms with E-state index < -0.39 is 0 Å². The van der Waals surface area contributed by atoms with Gasteiger partial charge in [-0.1, -0.05) is 95.8 Å². The number of amides is 1. The number of nitrogens with zero attached hydrogens (tertiary/aromatic N) is 1. The van der Waals surface area contributed by atoms with Crippen LogP contribution >= 0.6 is 0 Å². The van der Waals surface area contributed by atoms with E-state index in [4.69, 9.17) is 4.74 Å². The maximum absolute atomic E-state index is 13.0. The van der Waals surface area contributed by atoms with Gasteiger partial charge < -0.3 is 15.0 Å². The maximum Gasteiger partial charge on any atom is 0.407 e. The van der Waals surface area contributed by atoms with Gasteiger partial charge in [-0.25, -0.2) is 4.79 Å². The molecule has 4 heteroatoms. The molecular formula is C41H76N2O2. The van der Waals surface area contributed by atoms with Gasteiger partial charge in [0.15, 0.2) is 0 Å². The van der Waals surface area contributed by atoms with E-state index in [0.29, 0.717) is 5.92 Å². The van der Waals surface area contributed by atoms with Gasteiger partial charge >= 0.3 is 6.09 Å². The molecule has 262 valence electrons. The van der Waals surface area contributed by atoms with Gasteiger partial charge in [-0.2, -0.15) is 0 Å². The van der Waals surface area contributed by atoms with Gasteiger partial charge in [0.2, 0.25) is 0 Å². The molecule has 1 rings (SSSR count). The lowest BCUT2D eigenvalue weighted by molar-refractivity contribution is 0.0474. The molecule has 1 atom stereocenters. The van der Waals surface area contributed by atoms with Crippen LogP contribution in [0.4, 0.5) is 4.79 Å². The lowest BCUT2D eigenvalue weighted by Gasteiger charge is -2.27. The van der Waals surface area contributed by atoms with Crippen molar-refractivity contribution < 1.29 is 9.53 Å². The average molecular weight is 629 g/mol. The number of hydrogen-bond donors (Lipinski definition) is 1. The molecule has 1 aliphatic rings. The number of likely N-dealkylation sites (tertiary alicyclic amines) is 1. The van der Waals surface area contributed by atoms with Crippen molar-refractivity contribution in [2.45, 2.75) is 187 Å². The summed E-state index contributed by atoms with van der Waals surface area (Å²) in [5.41, 5.74) is 0. The van der Waals surface area contributed by atoms with Crippen LogP contribution in [0.25, 0.3) is 0 Å².